The summed E-state index contributed by atoms with van der Waals surface area (Å²) >= 11 is 0. The van der Waals surface area contributed by atoms with Gasteiger partial charge in [0, 0.05) is 11.1 Å². The molecule has 174 valence electrons. The van der Waals surface area contributed by atoms with Gasteiger partial charge in [0.2, 0.25) is 5.89 Å². The van der Waals surface area contributed by atoms with Gasteiger partial charge in [0.25, 0.3) is 0 Å². The number of oxazole rings is 1. The molecule has 5 nitrogen and oxygen atoms in total. The largest absolute Gasteiger partial charge is 0.487 e. The molecule has 0 aliphatic carbocycles. The van der Waals surface area contributed by atoms with Gasteiger partial charge in [0.1, 0.15) is 23.8 Å². The summed E-state index contributed by atoms with van der Waals surface area (Å²) in [6.07, 6.45) is -4.40. The Hall–Kier alpha value is -3.55. The molecule has 1 heterocycles. The topological polar surface area (TPSA) is 61.6 Å². The van der Waals surface area contributed by atoms with Crippen LogP contribution in [-0.2, 0) is 22.3 Å². The van der Waals surface area contributed by atoms with E-state index in [0.29, 0.717) is 34.9 Å². The van der Waals surface area contributed by atoms with Crippen LogP contribution in [0.3, 0.4) is 0 Å². The van der Waals surface area contributed by atoms with Gasteiger partial charge in [0.15, 0.2) is 0 Å². The average molecular weight is 459 g/mol. The van der Waals surface area contributed by atoms with Crippen LogP contribution in [0.4, 0.5) is 13.2 Å². The van der Waals surface area contributed by atoms with Crippen molar-refractivity contribution in [2.24, 2.45) is 0 Å². The molecular weight excluding hydrogens is 435 g/mol. The Kier molecular flexibility index (Phi) is 7.26. The summed E-state index contributed by atoms with van der Waals surface area (Å²) in [5.74, 6) is 0.935. The van der Waals surface area contributed by atoms with Gasteiger partial charge in [-0.1, -0.05) is 12.1 Å². The number of alkyl halides is 3. The molecule has 3 rings (SSSR count). The minimum absolute atomic E-state index is 0.110. The molecule has 3 aromatic rings. The van der Waals surface area contributed by atoms with Crippen LogP contribution in [-0.4, -0.2) is 17.6 Å². The van der Waals surface area contributed by atoms with Crippen molar-refractivity contribution in [3.63, 3.8) is 0 Å². The first kappa shape index (κ1) is 24.1. The molecule has 0 atom stereocenters. The Bertz CT molecular complexity index is 1160. The van der Waals surface area contributed by atoms with Crippen LogP contribution < -0.4 is 4.74 Å². The van der Waals surface area contributed by atoms with Crippen molar-refractivity contribution < 1.29 is 31.9 Å². The first-order chi connectivity index (χ1) is 15.6. The van der Waals surface area contributed by atoms with E-state index in [1.165, 1.54) is 12.1 Å². The van der Waals surface area contributed by atoms with Gasteiger partial charge in [-0.3, -0.25) is 0 Å². The SMILES string of the molecule is CCOC(=O)C(C)=C(C)c1cccc(OCc2nc(-c3ccc(C(F)(F)F)cc3)oc2C)c1. The maximum absolute atomic E-state index is 12.8. The van der Waals surface area contributed by atoms with Crippen molar-refractivity contribution in [1.82, 2.24) is 4.98 Å². The minimum atomic E-state index is -4.40. The van der Waals surface area contributed by atoms with Crippen molar-refractivity contribution in [2.45, 2.75) is 40.5 Å². The number of aromatic nitrogens is 1. The quantitative estimate of drug-likeness (QED) is 0.294. The molecule has 0 aliphatic heterocycles. The molecule has 1 aromatic heterocycles. The van der Waals surface area contributed by atoms with Crippen LogP contribution in [0.1, 0.15) is 43.4 Å². The molecule has 0 fully saturated rings. The lowest BCUT2D eigenvalue weighted by Gasteiger charge is -2.10. The monoisotopic (exact) mass is 459 g/mol. The molecule has 0 radical (unpaired) electrons. The molecular formula is C25H24F3NO4. The molecule has 0 saturated heterocycles. The second kappa shape index (κ2) is 9.94. The van der Waals surface area contributed by atoms with Crippen molar-refractivity contribution in [3.05, 3.63) is 76.7 Å². The maximum atomic E-state index is 12.8. The van der Waals surface area contributed by atoms with Gasteiger partial charge in [-0.25, -0.2) is 9.78 Å². The second-order valence-electron chi connectivity index (χ2n) is 7.38. The van der Waals surface area contributed by atoms with Crippen molar-refractivity contribution in [1.29, 1.82) is 0 Å². The summed E-state index contributed by atoms with van der Waals surface area (Å²) in [7, 11) is 0. The molecule has 8 heteroatoms. The second-order valence-corrected chi connectivity index (χ2v) is 7.38. The zero-order chi connectivity index (χ0) is 24.2. The normalized spacial score (nSPS) is 12.3. The lowest BCUT2D eigenvalue weighted by Crippen LogP contribution is -2.06. The summed E-state index contributed by atoms with van der Waals surface area (Å²) in [4.78, 5) is 16.4. The predicted octanol–water partition coefficient (Wildman–Crippen LogP) is 6.60. The fourth-order valence-electron chi connectivity index (χ4n) is 3.07. The van der Waals surface area contributed by atoms with E-state index in [0.717, 1.165) is 23.3 Å². The molecule has 0 spiro atoms. The number of aryl methyl sites for hydroxylation is 1. The molecule has 2 aromatic carbocycles. The third-order valence-corrected chi connectivity index (χ3v) is 5.14. The van der Waals surface area contributed by atoms with Crippen molar-refractivity contribution >= 4 is 11.5 Å². The number of rotatable bonds is 7. The van der Waals surface area contributed by atoms with Gasteiger partial charge in [-0.05, 0) is 75.2 Å². The number of hydrogen-bond acceptors (Lipinski definition) is 5. The first-order valence-electron chi connectivity index (χ1n) is 10.3. The van der Waals surface area contributed by atoms with E-state index in [1.54, 1.807) is 26.8 Å². The number of hydrogen-bond donors (Lipinski definition) is 0. The summed E-state index contributed by atoms with van der Waals surface area (Å²) in [5.41, 5.74) is 2.35. The standard InChI is InChI=1S/C25H24F3NO4/c1-5-31-24(30)16(3)15(2)19-7-6-8-21(13-19)32-14-22-17(4)33-23(29-22)18-9-11-20(12-10-18)25(26,27)28/h6-13H,5,14H2,1-4H3. The van der Waals surface area contributed by atoms with Crippen LogP contribution in [0, 0.1) is 6.92 Å². The third-order valence-electron chi connectivity index (χ3n) is 5.14. The van der Waals surface area contributed by atoms with Crippen LogP contribution in [0.2, 0.25) is 0 Å². The van der Waals surface area contributed by atoms with Crippen LogP contribution in [0.15, 0.2) is 58.5 Å². The van der Waals surface area contributed by atoms with E-state index in [1.807, 2.05) is 25.1 Å². The van der Waals surface area contributed by atoms with E-state index < -0.39 is 11.7 Å². The van der Waals surface area contributed by atoms with Crippen LogP contribution in [0.5, 0.6) is 5.75 Å². The predicted molar refractivity (Wildman–Crippen MR) is 117 cm³/mol. The maximum Gasteiger partial charge on any atom is 0.416 e. The van der Waals surface area contributed by atoms with E-state index in [9.17, 15) is 18.0 Å². The molecule has 0 amide bonds. The van der Waals surface area contributed by atoms with E-state index in [-0.39, 0.29) is 18.5 Å². The minimum Gasteiger partial charge on any atom is -0.487 e. The van der Waals surface area contributed by atoms with Gasteiger partial charge in [0.05, 0.1) is 12.2 Å². The molecule has 0 saturated carbocycles. The zero-order valence-electron chi connectivity index (χ0n) is 18.7. The number of halogens is 3. The molecule has 0 N–H and O–H groups in total. The Morgan fingerprint density at radius 2 is 1.79 bits per heavy atom. The molecule has 0 unspecified atom stereocenters. The number of carbonyl (C=O) groups is 1. The van der Waals surface area contributed by atoms with Gasteiger partial charge < -0.3 is 13.9 Å². The van der Waals surface area contributed by atoms with E-state index in [4.69, 9.17) is 13.9 Å². The highest BCUT2D eigenvalue weighted by molar-refractivity contribution is 5.96. The lowest BCUT2D eigenvalue weighted by molar-refractivity contribution is -0.138. The van der Waals surface area contributed by atoms with Crippen molar-refractivity contribution in [3.8, 4) is 17.2 Å². The number of benzene rings is 2. The summed E-state index contributed by atoms with van der Waals surface area (Å²) < 4.78 is 54.8. The van der Waals surface area contributed by atoms with Crippen molar-refractivity contribution in [2.75, 3.05) is 6.61 Å². The smallest absolute Gasteiger partial charge is 0.416 e. The Balaban J connectivity index is 1.74. The third kappa shape index (κ3) is 5.83. The highest BCUT2D eigenvalue weighted by Crippen LogP contribution is 2.31. The fourth-order valence-corrected chi connectivity index (χ4v) is 3.07. The number of ether oxygens (including phenoxy) is 2. The van der Waals surface area contributed by atoms with Crippen LogP contribution in [0.25, 0.3) is 17.0 Å². The average Bonchev–Trinajstić information content (AvgIpc) is 3.17. The number of esters is 1. The zero-order valence-corrected chi connectivity index (χ0v) is 18.7. The lowest BCUT2D eigenvalue weighted by atomic mass is 10.0. The summed E-state index contributed by atoms with van der Waals surface area (Å²) in [6, 6.07) is 11.9. The summed E-state index contributed by atoms with van der Waals surface area (Å²) in [5, 5.41) is 0. The van der Waals surface area contributed by atoms with Gasteiger partial charge in [-0.2, -0.15) is 13.2 Å². The Morgan fingerprint density at radius 3 is 2.42 bits per heavy atom. The van der Waals surface area contributed by atoms with Crippen LogP contribution >= 0.6 is 0 Å². The van der Waals surface area contributed by atoms with E-state index >= 15 is 0 Å². The van der Waals surface area contributed by atoms with Gasteiger partial charge >= 0.3 is 12.1 Å². The fraction of sp³-hybridized carbons (Fsp3) is 0.280. The Morgan fingerprint density at radius 1 is 1.09 bits per heavy atom. The van der Waals surface area contributed by atoms with Gasteiger partial charge in [-0.15, -0.1) is 0 Å². The van der Waals surface area contributed by atoms with E-state index in [2.05, 4.69) is 4.98 Å². The summed E-state index contributed by atoms with van der Waals surface area (Å²) in [6.45, 7) is 7.43. The Labute approximate surface area is 189 Å². The first-order valence-corrected chi connectivity index (χ1v) is 10.3. The number of nitrogens with zero attached hydrogens (tertiary/aromatic N) is 1. The highest BCUT2D eigenvalue weighted by Gasteiger charge is 2.30. The molecule has 33 heavy (non-hydrogen) atoms. The highest BCUT2D eigenvalue weighted by atomic mass is 19.4. The molecule has 0 aliphatic rings. The number of allylic oxidation sites excluding steroid dienone is 1. The number of carbonyl (C=O) groups excluding carboxylic acids is 1. The molecule has 0 bridgehead atoms.